The van der Waals surface area contributed by atoms with Crippen molar-refractivity contribution in [3.8, 4) is 11.5 Å². The first-order valence-corrected chi connectivity index (χ1v) is 9.05. The highest BCUT2D eigenvalue weighted by Gasteiger charge is 2.59. The Morgan fingerprint density at radius 2 is 1.79 bits per heavy atom. The average molecular weight is 381 g/mol. The summed E-state index contributed by atoms with van der Waals surface area (Å²) in [7, 11) is 3.03. The fourth-order valence-electron chi connectivity index (χ4n) is 4.36. The van der Waals surface area contributed by atoms with Gasteiger partial charge in [-0.25, -0.2) is 4.39 Å². The molecule has 2 atom stereocenters. The van der Waals surface area contributed by atoms with Crippen molar-refractivity contribution in [2.24, 2.45) is 0 Å². The molecule has 144 valence electrons. The molecule has 1 aliphatic carbocycles. The zero-order valence-corrected chi connectivity index (χ0v) is 15.9. The first-order chi connectivity index (χ1) is 13.5. The Bertz CT molecular complexity index is 1020. The second-order valence-corrected chi connectivity index (χ2v) is 6.83. The van der Waals surface area contributed by atoms with Gasteiger partial charge in [0.15, 0.2) is 17.3 Å². The molecule has 0 N–H and O–H groups in total. The zero-order valence-electron chi connectivity index (χ0n) is 15.9. The molecule has 1 spiro atoms. The Kier molecular flexibility index (Phi) is 4.22. The number of carbonyl (C=O) groups is 2. The van der Waals surface area contributed by atoms with E-state index >= 15 is 0 Å². The van der Waals surface area contributed by atoms with Crippen molar-refractivity contribution >= 4 is 17.4 Å². The summed E-state index contributed by atoms with van der Waals surface area (Å²) in [4.78, 5) is 28.0. The summed E-state index contributed by atoms with van der Waals surface area (Å²) in [5.41, 5.74) is 0.173. The van der Waals surface area contributed by atoms with Crippen LogP contribution in [0.3, 0.4) is 0 Å². The van der Waals surface area contributed by atoms with E-state index in [4.69, 9.17) is 9.47 Å². The lowest BCUT2D eigenvalue weighted by Crippen LogP contribution is -2.43. The van der Waals surface area contributed by atoms with E-state index in [1.165, 1.54) is 26.4 Å². The number of carbonyl (C=O) groups excluding carboxylic acids is 2. The molecule has 5 nitrogen and oxygen atoms in total. The summed E-state index contributed by atoms with van der Waals surface area (Å²) < 4.78 is 25.5. The maximum atomic E-state index is 14.6. The Labute approximate surface area is 162 Å². The van der Waals surface area contributed by atoms with Gasteiger partial charge >= 0.3 is 0 Å². The molecule has 0 radical (unpaired) electrons. The number of ether oxygens (including phenoxy) is 2. The lowest BCUT2D eigenvalue weighted by Gasteiger charge is -2.29. The molecule has 6 heteroatoms. The van der Waals surface area contributed by atoms with Gasteiger partial charge in [-0.2, -0.15) is 0 Å². The standard InChI is InChI=1S/C22H20FNO4/c1-4-24-16-12-19(28-3)18(27-2)11-14(16)22(21(24)26)10-9-17(25)20(22)13-7-5-6-8-15(13)23/h5-12,20H,4H2,1-3H3/t20-,22-/m0/s1. The second-order valence-electron chi connectivity index (χ2n) is 6.83. The Balaban J connectivity index is 2.02. The van der Waals surface area contributed by atoms with E-state index in [0.717, 1.165) is 0 Å². The molecule has 0 saturated carbocycles. The van der Waals surface area contributed by atoms with Crippen molar-refractivity contribution in [3.63, 3.8) is 0 Å². The maximum Gasteiger partial charge on any atom is 0.242 e. The summed E-state index contributed by atoms with van der Waals surface area (Å²) in [6, 6.07) is 9.56. The molecule has 0 aromatic heterocycles. The third-order valence-electron chi connectivity index (χ3n) is 5.62. The number of halogens is 1. The minimum Gasteiger partial charge on any atom is -0.493 e. The quantitative estimate of drug-likeness (QED) is 0.815. The fraction of sp³-hybridized carbons (Fsp3) is 0.273. The molecule has 2 aromatic rings. The number of hydrogen-bond donors (Lipinski definition) is 0. The predicted molar refractivity (Wildman–Crippen MR) is 103 cm³/mol. The largest absolute Gasteiger partial charge is 0.493 e. The SMILES string of the molecule is CCN1C(=O)[C@@]2(C=CC(=O)[C@@H]2c2ccccc2F)c2cc(OC)c(OC)cc21. The van der Waals surface area contributed by atoms with Crippen LogP contribution in [0.25, 0.3) is 0 Å². The van der Waals surface area contributed by atoms with E-state index in [-0.39, 0.29) is 17.3 Å². The third kappa shape index (κ3) is 2.24. The molecule has 1 amide bonds. The highest BCUT2D eigenvalue weighted by atomic mass is 19.1. The van der Waals surface area contributed by atoms with E-state index in [2.05, 4.69) is 0 Å². The monoisotopic (exact) mass is 381 g/mol. The van der Waals surface area contributed by atoms with Crippen molar-refractivity contribution in [2.45, 2.75) is 18.3 Å². The van der Waals surface area contributed by atoms with Gasteiger partial charge < -0.3 is 14.4 Å². The average Bonchev–Trinajstić information content (AvgIpc) is 3.16. The molecular weight excluding hydrogens is 361 g/mol. The summed E-state index contributed by atoms with van der Waals surface area (Å²) >= 11 is 0. The van der Waals surface area contributed by atoms with E-state index in [0.29, 0.717) is 29.3 Å². The Hall–Kier alpha value is -3.15. The van der Waals surface area contributed by atoms with Crippen LogP contribution in [0.15, 0.2) is 48.6 Å². The fourth-order valence-corrected chi connectivity index (χ4v) is 4.36. The van der Waals surface area contributed by atoms with Gasteiger partial charge in [-0.15, -0.1) is 0 Å². The van der Waals surface area contributed by atoms with E-state index in [1.807, 2.05) is 6.92 Å². The molecule has 28 heavy (non-hydrogen) atoms. The van der Waals surface area contributed by atoms with Crippen LogP contribution in [-0.2, 0) is 15.0 Å². The van der Waals surface area contributed by atoms with Crippen LogP contribution in [0.5, 0.6) is 11.5 Å². The smallest absolute Gasteiger partial charge is 0.242 e. The van der Waals surface area contributed by atoms with Gasteiger partial charge in [0, 0.05) is 23.7 Å². The van der Waals surface area contributed by atoms with Gasteiger partial charge in [-0.3, -0.25) is 9.59 Å². The maximum absolute atomic E-state index is 14.6. The normalized spacial score (nSPS) is 22.9. The van der Waals surface area contributed by atoms with Crippen molar-refractivity contribution in [3.05, 3.63) is 65.5 Å². The van der Waals surface area contributed by atoms with Crippen LogP contribution in [0, 0.1) is 5.82 Å². The number of likely N-dealkylation sites (N-methyl/N-ethyl adjacent to an activating group) is 1. The number of anilines is 1. The van der Waals surface area contributed by atoms with Crippen molar-refractivity contribution in [2.75, 3.05) is 25.7 Å². The minimum absolute atomic E-state index is 0.213. The van der Waals surface area contributed by atoms with Gasteiger partial charge in [0.2, 0.25) is 5.91 Å². The molecule has 0 fully saturated rings. The lowest BCUT2D eigenvalue weighted by atomic mass is 9.70. The lowest BCUT2D eigenvalue weighted by molar-refractivity contribution is -0.125. The first kappa shape index (κ1) is 18.2. The van der Waals surface area contributed by atoms with Gasteiger partial charge in [-0.1, -0.05) is 24.3 Å². The van der Waals surface area contributed by atoms with E-state index in [9.17, 15) is 14.0 Å². The van der Waals surface area contributed by atoms with Crippen LogP contribution in [0.2, 0.25) is 0 Å². The van der Waals surface area contributed by atoms with Gasteiger partial charge in [0.25, 0.3) is 0 Å². The predicted octanol–water partition coefficient (Wildman–Crippen LogP) is 3.37. The van der Waals surface area contributed by atoms with Crippen molar-refractivity contribution in [1.29, 1.82) is 0 Å². The molecule has 0 saturated heterocycles. The number of rotatable bonds is 4. The van der Waals surface area contributed by atoms with Crippen LogP contribution in [0.4, 0.5) is 10.1 Å². The highest BCUT2D eigenvalue weighted by molar-refractivity contribution is 6.18. The van der Waals surface area contributed by atoms with Crippen LogP contribution in [-0.4, -0.2) is 32.5 Å². The molecule has 1 heterocycles. The number of ketones is 1. The molecule has 4 rings (SSSR count). The van der Waals surface area contributed by atoms with Crippen LogP contribution in [0.1, 0.15) is 24.0 Å². The highest BCUT2D eigenvalue weighted by Crippen LogP contribution is 2.56. The third-order valence-corrected chi connectivity index (χ3v) is 5.62. The van der Waals surface area contributed by atoms with Gasteiger partial charge in [0.05, 0.1) is 25.8 Å². The molecule has 1 aliphatic heterocycles. The summed E-state index contributed by atoms with van der Waals surface area (Å²) in [5, 5.41) is 0. The second kappa shape index (κ2) is 6.48. The number of benzene rings is 2. The van der Waals surface area contributed by atoms with Crippen molar-refractivity contribution < 1.29 is 23.5 Å². The van der Waals surface area contributed by atoms with E-state index < -0.39 is 17.2 Å². The molecule has 0 bridgehead atoms. The Morgan fingerprint density at radius 1 is 1.11 bits per heavy atom. The Morgan fingerprint density at radius 3 is 2.43 bits per heavy atom. The number of amides is 1. The summed E-state index contributed by atoms with van der Waals surface area (Å²) in [6.45, 7) is 2.27. The number of allylic oxidation sites excluding steroid dienone is 1. The summed E-state index contributed by atoms with van der Waals surface area (Å²) in [6.07, 6.45) is 2.99. The molecule has 0 unspecified atom stereocenters. The number of methoxy groups -OCH3 is 2. The molecule has 2 aliphatic rings. The number of nitrogens with zero attached hydrogens (tertiary/aromatic N) is 1. The van der Waals surface area contributed by atoms with Crippen LogP contribution >= 0.6 is 0 Å². The van der Waals surface area contributed by atoms with Gasteiger partial charge in [-0.05, 0) is 25.1 Å². The van der Waals surface area contributed by atoms with Crippen LogP contribution < -0.4 is 14.4 Å². The zero-order chi connectivity index (χ0) is 20.1. The van der Waals surface area contributed by atoms with Gasteiger partial charge in [0.1, 0.15) is 11.2 Å². The number of fused-ring (bicyclic) bond motifs is 2. The van der Waals surface area contributed by atoms with E-state index in [1.54, 1.807) is 41.3 Å². The van der Waals surface area contributed by atoms with Crippen molar-refractivity contribution in [1.82, 2.24) is 0 Å². The minimum atomic E-state index is -1.30. The molecule has 2 aromatic carbocycles. The first-order valence-electron chi connectivity index (χ1n) is 9.05. The summed E-state index contributed by atoms with van der Waals surface area (Å²) in [5.74, 6) is -1.08. The topological polar surface area (TPSA) is 55.8 Å². The molecular formula is C22H20FNO4. The number of hydrogen-bond acceptors (Lipinski definition) is 4.